The molecule has 1 aliphatic heterocycles. The van der Waals surface area contributed by atoms with Crippen LogP contribution in [0, 0.1) is 11.8 Å². The molecule has 2 nitrogen and oxygen atoms in total. The minimum atomic E-state index is 0.690. The van der Waals surface area contributed by atoms with Gasteiger partial charge in [0, 0.05) is 36.6 Å². The molecule has 4 heteroatoms. The van der Waals surface area contributed by atoms with Crippen molar-refractivity contribution in [1.82, 2.24) is 10.2 Å². The standard InChI is InChI=1S/C16H25ClN2S/c1-11(2)19-9-12-4-3-5-13(10-19)16(12)18-8-14-6-7-15(17)20-14/h6-7,11-13,16,18H,3-5,8-10H2,1-2H3. The summed E-state index contributed by atoms with van der Waals surface area (Å²) in [6, 6.07) is 5.56. The van der Waals surface area contributed by atoms with Gasteiger partial charge in [-0.2, -0.15) is 0 Å². The van der Waals surface area contributed by atoms with E-state index in [4.69, 9.17) is 11.6 Å². The van der Waals surface area contributed by atoms with Crippen LogP contribution in [0.3, 0.4) is 0 Å². The van der Waals surface area contributed by atoms with E-state index in [1.165, 1.54) is 37.2 Å². The monoisotopic (exact) mass is 312 g/mol. The van der Waals surface area contributed by atoms with Crippen molar-refractivity contribution in [3.63, 3.8) is 0 Å². The molecule has 112 valence electrons. The maximum atomic E-state index is 6.02. The van der Waals surface area contributed by atoms with E-state index in [1.54, 1.807) is 11.3 Å². The molecule has 0 amide bonds. The Labute approximate surface area is 131 Å². The zero-order chi connectivity index (χ0) is 14.1. The van der Waals surface area contributed by atoms with Gasteiger partial charge in [-0.1, -0.05) is 18.0 Å². The normalized spacial score (nSPS) is 30.9. The molecule has 2 unspecified atom stereocenters. The summed E-state index contributed by atoms with van der Waals surface area (Å²) in [7, 11) is 0. The Morgan fingerprint density at radius 1 is 1.30 bits per heavy atom. The lowest BCUT2D eigenvalue weighted by atomic mass is 9.73. The third-order valence-electron chi connectivity index (χ3n) is 4.97. The fraction of sp³-hybridized carbons (Fsp3) is 0.750. The van der Waals surface area contributed by atoms with Crippen LogP contribution in [0.15, 0.2) is 12.1 Å². The van der Waals surface area contributed by atoms with Gasteiger partial charge in [0.1, 0.15) is 0 Å². The van der Waals surface area contributed by atoms with E-state index in [1.807, 2.05) is 6.07 Å². The van der Waals surface area contributed by atoms with Crippen molar-refractivity contribution in [3.8, 4) is 0 Å². The fourth-order valence-corrected chi connectivity index (χ4v) is 4.93. The number of fused-ring (bicyclic) bond motifs is 2. The van der Waals surface area contributed by atoms with Crippen LogP contribution in [0.5, 0.6) is 0 Å². The largest absolute Gasteiger partial charge is 0.308 e. The first kappa shape index (κ1) is 14.8. The predicted molar refractivity (Wildman–Crippen MR) is 87.5 cm³/mol. The second kappa shape index (κ2) is 6.35. The molecule has 1 aliphatic carbocycles. The third-order valence-corrected chi connectivity index (χ3v) is 6.21. The number of rotatable bonds is 4. The van der Waals surface area contributed by atoms with Crippen LogP contribution >= 0.6 is 22.9 Å². The molecule has 2 heterocycles. The highest BCUT2D eigenvalue weighted by Crippen LogP contribution is 2.36. The van der Waals surface area contributed by atoms with Crippen LogP contribution in [-0.4, -0.2) is 30.1 Å². The summed E-state index contributed by atoms with van der Waals surface area (Å²) in [4.78, 5) is 4.04. The van der Waals surface area contributed by atoms with Gasteiger partial charge in [0.05, 0.1) is 4.34 Å². The predicted octanol–water partition coefficient (Wildman–Crippen LogP) is 4.00. The highest BCUT2D eigenvalue weighted by atomic mass is 35.5. The topological polar surface area (TPSA) is 15.3 Å². The lowest BCUT2D eigenvalue weighted by Gasteiger charge is -2.49. The zero-order valence-electron chi connectivity index (χ0n) is 12.4. The molecule has 0 spiro atoms. The Balaban J connectivity index is 1.61. The first-order chi connectivity index (χ1) is 9.63. The van der Waals surface area contributed by atoms with Gasteiger partial charge in [-0.25, -0.2) is 0 Å². The Hall–Kier alpha value is -0.0900. The Morgan fingerprint density at radius 2 is 2.00 bits per heavy atom. The van der Waals surface area contributed by atoms with Gasteiger partial charge in [0.25, 0.3) is 0 Å². The second-order valence-electron chi connectivity index (χ2n) is 6.61. The van der Waals surface area contributed by atoms with E-state index in [0.29, 0.717) is 12.1 Å². The van der Waals surface area contributed by atoms with Gasteiger partial charge in [0.2, 0.25) is 0 Å². The smallest absolute Gasteiger partial charge is 0.0931 e. The first-order valence-electron chi connectivity index (χ1n) is 7.85. The van der Waals surface area contributed by atoms with Crippen molar-refractivity contribution in [2.45, 2.75) is 51.7 Å². The lowest BCUT2D eigenvalue weighted by Crippen LogP contribution is -2.58. The number of piperidine rings is 1. The van der Waals surface area contributed by atoms with E-state index >= 15 is 0 Å². The van der Waals surface area contributed by atoms with Crippen LogP contribution < -0.4 is 5.32 Å². The summed E-state index contributed by atoms with van der Waals surface area (Å²) < 4.78 is 0.900. The highest BCUT2D eigenvalue weighted by molar-refractivity contribution is 7.16. The number of thiophene rings is 1. The van der Waals surface area contributed by atoms with Gasteiger partial charge in [-0.3, -0.25) is 0 Å². The number of hydrogen-bond acceptors (Lipinski definition) is 3. The van der Waals surface area contributed by atoms with Crippen molar-refractivity contribution in [2.24, 2.45) is 11.8 Å². The highest BCUT2D eigenvalue weighted by Gasteiger charge is 2.39. The molecule has 1 aromatic heterocycles. The Morgan fingerprint density at radius 3 is 2.55 bits per heavy atom. The molecule has 2 bridgehead atoms. The zero-order valence-corrected chi connectivity index (χ0v) is 14.0. The number of likely N-dealkylation sites (tertiary alicyclic amines) is 1. The summed E-state index contributed by atoms with van der Waals surface area (Å²) in [5.41, 5.74) is 0. The summed E-state index contributed by atoms with van der Waals surface area (Å²) >= 11 is 7.72. The van der Waals surface area contributed by atoms with Gasteiger partial charge in [-0.05, 0) is 50.7 Å². The molecule has 3 rings (SSSR count). The number of halogens is 1. The quantitative estimate of drug-likeness (QED) is 0.904. The molecular formula is C16H25ClN2S. The van der Waals surface area contributed by atoms with Crippen LogP contribution in [0.1, 0.15) is 38.0 Å². The van der Waals surface area contributed by atoms with E-state index in [2.05, 4.69) is 30.1 Å². The van der Waals surface area contributed by atoms with Gasteiger partial charge in [0.15, 0.2) is 0 Å². The first-order valence-corrected chi connectivity index (χ1v) is 9.04. The molecule has 1 saturated carbocycles. The van der Waals surface area contributed by atoms with Gasteiger partial charge < -0.3 is 10.2 Å². The Bertz CT molecular complexity index is 431. The molecular weight excluding hydrogens is 288 g/mol. The van der Waals surface area contributed by atoms with Crippen molar-refractivity contribution < 1.29 is 0 Å². The van der Waals surface area contributed by atoms with Crippen LogP contribution in [0.25, 0.3) is 0 Å². The average molecular weight is 313 g/mol. The molecule has 2 fully saturated rings. The average Bonchev–Trinajstić information content (AvgIpc) is 2.81. The summed E-state index contributed by atoms with van der Waals surface area (Å²) in [5, 5.41) is 3.84. The number of nitrogens with one attached hydrogen (secondary N) is 1. The lowest BCUT2D eigenvalue weighted by molar-refractivity contribution is 0.0291. The fourth-order valence-electron chi connectivity index (χ4n) is 3.89. The Kier molecular flexibility index (Phi) is 4.71. The van der Waals surface area contributed by atoms with Crippen LogP contribution in [0.2, 0.25) is 4.34 Å². The van der Waals surface area contributed by atoms with Crippen molar-refractivity contribution in [2.75, 3.05) is 13.1 Å². The molecule has 0 radical (unpaired) electrons. The molecule has 20 heavy (non-hydrogen) atoms. The maximum absolute atomic E-state index is 6.02. The van der Waals surface area contributed by atoms with E-state index in [9.17, 15) is 0 Å². The van der Waals surface area contributed by atoms with Crippen molar-refractivity contribution in [1.29, 1.82) is 0 Å². The van der Waals surface area contributed by atoms with Gasteiger partial charge >= 0.3 is 0 Å². The minimum Gasteiger partial charge on any atom is -0.308 e. The molecule has 1 aromatic rings. The SMILES string of the molecule is CC(C)N1CC2CCCC(C1)C2NCc1ccc(Cl)s1. The molecule has 1 N–H and O–H groups in total. The van der Waals surface area contributed by atoms with Crippen LogP contribution in [-0.2, 0) is 6.54 Å². The number of nitrogens with zero attached hydrogens (tertiary/aromatic N) is 1. The molecule has 0 aromatic carbocycles. The minimum absolute atomic E-state index is 0.690. The van der Waals surface area contributed by atoms with E-state index in [0.717, 1.165) is 22.7 Å². The van der Waals surface area contributed by atoms with E-state index < -0.39 is 0 Å². The van der Waals surface area contributed by atoms with Crippen molar-refractivity contribution in [3.05, 3.63) is 21.3 Å². The summed E-state index contributed by atoms with van der Waals surface area (Å²) in [5.74, 6) is 1.67. The molecule has 1 saturated heterocycles. The molecule has 2 atom stereocenters. The third kappa shape index (κ3) is 3.22. The second-order valence-corrected chi connectivity index (χ2v) is 8.41. The summed E-state index contributed by atoms with van der Waals surface area (Å²) in [6.07, 6.45) is 4.20. The van der Waals surface area contributed by atoms with Gasteiger partial charge in [-0.15, -0.1) is 11.3 Å². The summed E-state index contributed by atoms with van der Waals surface area (Å²) in [6.45, 7) is 8.19. The maximum Gasteiger partial charge on any atom is 0.0931 e. The molecule has 2 aliphatic rings. The number of hydrogen-bond donors (Lipinski definition) is 1. The van der Waals surface area contributed by atoms with Crippen LogP contribution in [0.4, 0.5) is 0 Å². The van der Waals surface area contributed by atoms with Crippen molar-refractivity contribution >= 4 is 22.9 Å². The van der Waals surface area contributed by atoms with E-state index in [-0.39, 0.29) is 0 Å².